The molecule has 7 aromatic rings. The minimum absolute atomic E-state index is 0.169. The summed E-state index contributed by atoms with van der Waals surface area (Å²) in [6.45, 7) is 13.7. The standard InChI is InChI=1S/C39H48BrN17O3/c1-21-12-26-28(13-22(21)2)56(29(45-26)15-41-36-50-37(52(6)19-39(4,5)59)48-32-25(40)14-43-57(32)36)16-23(3)34(58)44-24-10-11-55(17-24)38-47-31(30-33(49-38)53(7)20-42-30)46-27-18-54(8)51-35(27)60-9/h12-14,18,20,24,59H,3,10-11,15-17,19H2,1-2,4-9H3,(H,44,58)(H,41,48,50)(H,46,47,49). The number of benzene rings is 1. The van der Waals surface area contributed by atoms with Crippen molar-refractivity contribution >= 4 is 79.0 Å². The number of aliphatic hydroxyl groups is 1. The summed E-state index contributed by atoms with van der Waals surface area (Å²) in [6.07, 6.45) is 5.86. The van der Waals surface area contributed by atoms with E-state index in [0.29, 0.717) is 94.0 Å². The van der Waals surface area contributed by atoms with Crippen LogP contribution < -0.4 is 30.5 Å². The van der Waals surface area contributed by atoms with E-state index in [1.54, 1.807) is 47.6 Å². The fraction of sp³-hybridized carbons (Fsp3) is 0.410. The van der Waals surface area contributed by atoms with E-state index < -0.39 is 5.60 Å². The molecule has 1 fully saturated rings. The molecule has 0 bridgehead atoms. The highest BCUT2D eigenvalue weighted by Crippen LogP contribution is 2.31. The van der Waals surface area contributed by atoms with Crippen molar-refractivity contribution < 1.29 is 14.6 Å². The van der Waals surface area contributed by atoms with Crippen molar-refractivity contribution in [2.75, 3.05) is 54.2 Å². The van der Waals surface area contributed by atoms with Crippen LogP contribution in [0.25, 0.3) is 27.8 Å². The Hall–Kier alpha value is -6.35. The molecular formula is C39H48BrN17O3. The van der Waals surface area contributed by atoms with E-state index >= 15 is 0 Å². The zero-order valence-electron chi connectivity index (χ0n) is 34.8. The van der Waals surface area contributed by atoms with Crippen molar-refractivity contribution in [3.8, 4) is 5.88 Å². The molecule has 21 heteroatoms. The molecule has 0 radical (unpaired) electrons. The molecular weight excluding hydrogens is 834 g/mol. The summed E-state index contributed by atoms with van der Waals surface area (Å²) in [5.74, 6) is 2.73. The van der Waals surface area contributed by atoms with E-state index in [2.05, 4.69) is 89.5 Å². The van der Waals surface area contributed by atoms with Crippen LogP contribution in [0.15, 0.2) is 47.5 Å². The van der Waals surface area contributed by atoms with Crippen molar-refractivity contribution in [1.29, 1.82) is 0 Å². The molecule has 4 N–H and O–H groups in total. The zero-order valence-corrected chi connectivity index (χ0v) is 36.4. The minimum atomic E-state index is -0.968. The number of hydrogen-bond donors (Lipinski definition) is 4. The van der Waals surface area contributed by atoms with Crippen LogP contribution >= 0.6 is 15.9 Å². The van der Waals surface area contributed by atoms with Gasteiger partial charge in [0.1, 0.15) is 11.5 Å². The van der Waals surface area contributed by atoms with E-state index in [-0.39, 0.29) is 25.0 Å². The van der Waals surface area contributed by atoms with Gasteiger partial charge in [-0.15, -0.1) is 5.10 Å². The van der Waals surface area contributed by atoms with E-state index in [1.807, 2.05) is 36.5 Å². The Labute approximate surface area is 353 Å². The van der Waals surface area contributed by atoms with Crippen LogP contribution in [-0.4, -0.2) is 115 Å². The van der Waals surface area contributed by atoms with E-state index in [0.717, 1.165) is 22.2 Å². The molecule has 1 unspecified atom stereocenters. The average molecular weight is 883 g/mol. The van der Waals surface area contributed by atoms with Crippen molar-refractivity contribution in [2.45, 2.75) is 58.8 Å². The Balaban J connectivity index is 0.997. The van der Waals surface area contributed by atoms with Crippen LogP contribution in [0.5, 0.6) is 5.88 Å². The molecule has 6 aromatic heterocycles. The molecule has 0 spiro atoms. The summed E-state index contributed by atoms with van der Waals surface area (Å²) in [5, 5.41) is 29.2. The van der Waals surface area contributed by atoms with Gasteiger partial charge in [0.15, 0.2) is 22.6 Å². The molecule has 0 aliphatic carbocycles. The highest BCUT2D eigenvalue weighted by Gasteiger charge is 2.29. The highest BCUT2D eigenvalue weighted by atomic mass is 79.9. The molecule has 7 heterocycles. The Morgan fingerprint density at radius 1 is 1.12 bits per heavy atom. The maximum Gasteiger partial charge on any atom is 0.256 e. The molecule has 60 heavy (non-hydrogen) atoms. The monoisotopic (exact) mass is 881 g/mol. The number of aryl methyl sites for hydroxylation is 4. The van der Waals surface area contributed by atoms with Gasteiger partial charge in [0, 0.05) is 52.4 Å². The molecule has 1 aliphatic heterocycles. The lowest BCUT2D eigenvalue weighted by atomic mass is 10.1. The van der Waals surface area contributed by atoms with E-state index in [1.165, 1.54) is 0 Å². The topological polar surface area (TPSA) is 211 Å². The second-order valence-corrected chi connectivity index (χ2v) is 16.8. The van der Waals surface area contributed by atoms with Crippen LogP contribution in [-0.2, 0) is 32.0 Å². The molecule has 0 saturated carbocycles. The summed E-state index contributed by atoms with van der Waals surface area (Å²) in [5.41, 5.74) is 5.79. The summed E-state index contributed by atoms with van der Waals surface area (Å²) in [6, 6.07) is 3.97. The number of hydrogen-bond acceptors (Lipinski definition) is 15. The third-order valence-electron chi connectivity index (χ3n) is 10.4. The molecule has 1 aromatic carbocycles. The van der Waals surface area contributed by atoms with E-state index in [9.17, 15) is 9.90 Å². The molecule has 1 amide bonds. The van der Waals surface area contributed by atoms with Crippen LogP contribution in [0, 0.1) is 13.8 Å². The predicted molar refractivity (Wildman–Crippen MR) is 232 cm³/mol. The van der Waals surface area contributed by atoms with Crippen LogP contribution in [0.4, 0.5) is 29.4 Å². The number of carbonyl (C=O) groups is 1. The van der Waals surface area contributed by atoms with Crippen LogP contribution in [0.2, 0.25) is 0 Å². The molecule has 1 aliphatic rings. The highest BCUT2D eigenvalue weighted by molar-refractivity contribution is 9.10. The molecule has 1 atom stereocenters. The quantitative estimate of drug-likeness (QED) is 0.115. The van der Waals surface area contributed by atoms with Crippen LogP contribution in [0.3, 0.4) is 0 Å². The lowest BCUT2D eigenvalue weighted by Crippen LogP contribution is -2.38. The first kappa shape index (κ1) is 40.4. The zero-order chi connectivity index (χ0) is 42.6. The summed E-state index contributed by atoms with van der Waals surface area (Å²) in [7, 11) is 7.09. The number of aromatic nitrogens is 12. The number of amides is 1. The number of rotatable bonds is 14. The van der Waals surface area contributed by atoms with Gasteiger partial charge in [0.2, 0.25) is 23.8 Å². The minimum Gasteiger partial charge on any atom is -0.478 e. The third-order valence-corrected chi connectivity index (χ3v) is 11.0. The number of carbonyl (C=O) groups excluding carboxylic acids is 1. The van der Waals surface area contributed by atoms with Gasteiger partial charge in [0.05, 0.1) is 60.0 Å². The van der Waals surface area contributed by atoms with Gasteiger partial charge in [-0.3, -0.25) is 9.48 Å². The van der Waals surface area contributed by atoms with Gasteiger partial charge in [-0.25, -0.2) is 9.97 Å². The normalized spacial score (nSPS) is 14.4. The lowest BCUT2D eigenvalue weighted by molar-refractivity contribution is -0.118. The lowest BCUT2D eigenvalue weighted by Gasteiger charge is -2.25. The molecule has 314 valence electrons. The molecule has 1 saturated heterocycles. The Kier molecular flexibility index (Phi) is 10.6. The fourth-order valence-corrected chi connectivity index (χ4v) is 7.69. The second kappa shape index (κ2) is 15.7. The van der Waals surface area contributed by atoms with Gasteiger partial charge in [-0.05, 0) is 73.3 Å². The Bertz CT molecular complexity index is 2780. The van der Waals surface area contributed by atoms with Gasteiger partial charge in [-0.2, -0.15) is 29.5 Å². The van der Waals surface area contributed by atoms with E-state index in [4.69, 9.17) is 24.7 Å². The number of nitrogens with zero attached hydrogens (tertiary/aromatic N) is 14. The smallest absolute Gasteiger partial charge is 0.256 e. The largest absolute Gasteiger partial charge is 0.478 e. The predicted octanol–water partition coefficient (Wildman–Crippen LogP) is 3.79. The SMILES string of the molecule is C=C(Cn1c(CNc2nc(N(C)CC(C)(C)O)nc3c(Br)cnn23)nc2cc(C)c(C)cc21)C(=O)NC1CCN(c2nc(Nc3cn(C)nc3OC)c3ncn(C)c3n2)C1. The summed E-state index contributed by atoms with van der Waals surface area (Å²) < 4.78 is 13.3. The number of ether oxygens (including phenoxy) is 1. The Morgan fingerprint density at radius 3 is 2.67 bits per heavy atom. The number of nitrogens with one attached hydrogen (secondary N) is 3. The maximum absolute atomic E-state index is 13.9. The summed E-state index contributed by atoms with van der Waals surface area (Å²) in [4.78, 5) is 46.4. The number of halogens is 1. The maximum atomic E-state index is 13.9. The number of anilines is 5. The first-order chi connectivity index (χ1) is 28.5. The average Bonchev–Trinajstić information content (AvgIpc) is 4.03. The number of likely N-dealkylation sites (N-methyl/N-ethyl adjacent to an activating group) is 1. The number of methoxy groups -OCH3 is 1. The first-order valence-corrected chi connectivity index (χ1v) is 20.2. The number of fused-ring (bicyclic) bond motifs is 3. The van der Waals surface area contributed by atoms with Gasteiger partial charge < -0.3 is 44.7 Å². The second-order valence-electron chi connectivity index (χ2n) is 15.9. The first-order valence-electron chi connectivity index (χ1n) is 19.4. The fourth-order valence-electron chi connectivity index (χ4n) is 7.34. The van der Waals surface area contributed by atoms with Crippen molar-refractivity contribution in [3.63, 3.8) is 0 Å². The van der Waals surface area contributed by atoms with Crippen LogP contribution in [0.1, 0.15) is 37.2 Å². The van der Waals surface area contributed by atoms with Crippen molar-refractivity contribution in [3.05, 3.63) is 64.4 Å². The van der Waals surface area contributed by atoms with Gasteiger partial charge >= 0.3 is 0 Å². The number of imidazole rings is 2. The van der Waals surface area contributed by atoms with Gasteiger partial charge in [0.25, 0.3) is 5.88 Å². The molecule has 8 rings (SSSR count). The van der Waals surface area contributed by atoms with Crippen molar-refractivity contribution in [1.82, 2.24) is 63.7 Å². The third kappa shape index (κ3) is 8.01. The van der Waals surface area contributed by atoms with Crippen molar-refractivity contribution in [2.24, 2.45) is 14.1 Å². The Morgan fingerprint density at radius 2 is 1.90 bits per heavy atom. The molecule has 20 nitrogen and oxygen atoms in total. The summed E-state index contributed by atoms with van der Waals surface area (Å²) >= 11 is 3.55. The van der Waals surface area contributed by atoms with Gasteiger partial charge in [-0.1, -0.05) is 6.58 Å².